The van der Waals surface area contributed by atoms with Gasteiger partial charge in [-0.3, -0.25) is 14.5 Å². The van der Waals surface area contributed by atoms with E-state index in [9.17, 15) is 9.59 Å². The predicted octanol–water partition coefficient (Wildman–Crippen LogP) is 2.00. The molecule has 2 aliphatic heterocycles. The van der Waals surface area contributed by atoms with Crippen LogP contribution in [0, 0.1) is 0 Å². The minimum Gasteiger partial charge on any atom is -0.342 e. The minimum atomic E-state index is 0.155. The Labute approximate surface area is 175 Å². The molecule has 2 saturated heterocycles. The molecule has 2 aliphatic rings. The molecule has 1 N–H and O–H groups in total. The second kappa shape index (κ2) is 11.4. The van der Waals surface area contributed by atoms with Gasteiger partial charge in [-0.2, -0.15) is 0 Å². The molecule has 2 heterocycles. The summed E-state index contributed by atoms with van der Waals surface area (Å²) in [5, 5.41) is 3.30. The van der Waals surface area contributed by atoms with Crippen LogP contribution in [0.2, 0.25) is 0 Å². The maximum atomic E-state index is 12.4. The second-order valence-corrected chi connectivity index (χ2v) is 8.33. The molecule has 1 aromatic carbocycles. The molecular weight excluding hydrogens is 364 g/mol. The summed E-state index contributed by atoms with van der Waals surface area (Å²) in [7, 11) is 0. The highest BCUT2D eigenvalue weighted by molar-refractivity contribution is 5.97. The molecule has 29 heavy (non-hydrogen) atoms. The van der Waals surface area contributed by atoms with Gasteiger partial charge in [-0.05, 0) is 37.9 Å². The summed E-state index contributed by atoms with van der Waals surface area (Å²) in [6.07, 6.45) is 4.97. The van der Waals surface area contributed by atoms with E-state index in [4.69, 9.17) is 0 Å². The van der Waals surface area contributed by atoms with Crippen LogP contribution in [0.4, 0.5) is 0 Å². The second-order valence-electron chi connectivity index (χ2n) is 8.33. The van der Waals surface area contributed by atoms with Crippen molar-refractivity contribution in [3.8, 4) is 0 Å². The lowest BCUT2D eigenvalue weighted by Crippen LogP contribution is -2.37. The number of ketones is 1. The van der Waals surface area contributed by atoms with E-state index in [2.05, 4.69) is 27.2 Å². The third-order valence-electron chi connectivity index (χ3n) is 6.05. The highest BCUT2D eigenvalue weighted by Crippen LogP contribution is 2.11. The summed E-state index contributed by atoms with van der Waals surface area (Å²) in [5.41, 5.74) is 1.99. The standard InChI is InChI=1S/C23H36N4O2/c1-20(28)27-14-5-13-26(16-17-27)19-21-6-8-22(9-7-21)23(29)18-24-10-15-25-11-3-2-4-12-25/h6-9,24H,2-5,10-19H2,1H3. The van der Waals surface area contributed by atoms with Crippen molar-refractivity contribution in [3.05, 3.63) is 35.4 Å². The van der Waals surface area contributed by atoms with Crippen LogP contribution in [0.25, 0.3) is 0 Å². The summed E-state index contributed by atoms with van der Waals surface area (Å²) >= 11 is 0. The van der Waals surface area contributed by atoms with Crippen LogP contribution in [0.3, 0.4) is 0 Å². The average molecular weight is 401 g/mol. The topological polar surface area (TPSA) is 55.9 Å². The number of amides is 1. The molecule has 0 unspecified atom stereocenters. The van der Waals surface area contributed by atoms with Crippen molar-refractivity contribution in [1.29, 1.82) is 0 Å². The van der Waals surface area contributed by atoms with Gasteiger partial charge in [-0.1, -0.05) is 30.7 Å². The molecule has 0 radical (unpaired) electrons. The quantitative estimate of drug-likeness (QED) is 0.534. The molecule has 6 heteroatoms. The zero-order valence-corrected chi connectivity index (χ0v) is 17.9. The maximum Gasteiger partial charge on any atom is 0.219 e. The molecule has 6 nitrogen and oxygen atoms in total. The van der Waals surface area contributed by atoms with Crippen LogP contribution in [-0.4, -0.2) is 85.3 Å². The molecule has 0 spiro atoms. The molecule has 1 aromatic rings. The summed E-state index contributed by atoms with van der Waals surface area (Å²) in [4.78, 5) is 30.8. The van der Waals surface area contributed by atoms with E-state index in [0.29, 0.717) is 6.54 Å². The fourth-order valence-corrected chi connectivity index (χ4v) is 4.22. The van der Waals surface area contributed by atoms with Crippen LogP contribution in [-0.2, 0) is 11.3 Å². The van der Waals surface area contributed by atoms with Crippen molar-refractivity contribution in [3.63, 3.8) is 0 Å². The number of rotatable bonds is 8. The zero-order chi connectivity index (χ0) is 20.5. The fraction of sp³-hybridized carbons (Fsp3) is 0.652. The van der Waals surface area contributed by atoms with E-state index >= 15 is 0 Å². The number of nitrogens with one attached hydrogen (secondary N) is 1. The Morgan fingerprint density at radius 1 is 0.862 bits per heavy atom. The van der Waals surface area contributed by atoms with E-state index in [1.54, 1.807) is 6.92 Å². The van der Waals surface area contributed by atoms with Gasteiger partial charge < -0.3 is 15.1 Å². The first-order chi connectivity index (χ1) is 14.1. The summed E-state index contributed by atoms with van der Waals surface area (Å²) in [6, 6.07) is 8.02. The van der Waals surface area contributed by atoms with Crippen molar-refractivity contribution in [1.82, 2.24) is 20.0 Å². The number of Topliss-reactive ketones (excluding diaryl/α,β-unsaturated/α-hetero) is 1. The van der Waals surface area contributed by atoms with Crippen LogP contribution < -0.4 is 5.32 Å². The van der Waals surface area contributed by atoms with Crippen molar-refractivity contribution in [2.75, 3.05) is 58.9 Å². The molecule has 1 amide bonds. The maximum absolute atomic E-state index is 12.4. The fourth-order valence-electron chi connectivity index (χ4n) is 4.22. The first-order valence-electron chi connectivity index (χ1n) is 11.1. The monoisotopic (exact) mass is 400 g/mol. The van der Waals surface area contributed by atoms with Crippen LogP contribution in [0.1, 0.15) is 48.5 Å². The van der Waals surface area contributed by atoms with Gasteiger partial charge in [0.25, 0.3) is 0 Å². The van der Waals surface area contributed by atoms with Gasteiger partial charge >= 0.3 is 0 Å². The van der Waals surface area contributed by atoms with Crippen LogP contribution >= 0.6 is 0 Å². The first kappa shape index (κ1) is 21.9. The Kier molecular flexibility index (Phi) is 8.65. The molecule has 0 aliphatic carbocycles. The lowest BCUT2D eigenvalue weighted by atomic mass is 10.1. The Bertz CT molecular complexity index is 655. The van der Waals surface area contributed by atoms with Gasteiger partial charge in [0.1, 0.15) is 0 Å². The zero-order valence-electron chi connectivity index (χ0n) is 17.9. The first-order valence-corrected chi connectivity index (χ1v) is 11.1. The van der Waals surface area contributed by atoms with E-state index in [1.807, 2.05) is 17.0 Å². The van der Waals surface area contributed by atoms with Gasteiger partial charge in [0, 0.05) is 58.3 Å². The van der Waals surface area contributed by atoms with E-state index < -0.39 is 0 Å². The van der Waals surface area contributed by atoms with E-state index in [0.717, 1.165) is 57.8 Å². The van der Waals surface area contributed by atoms with Crippen LogP contribution in [0.15, 0.2) is 24.3 Å². The molecule has 3 rings (SSSR count). The number of carbonyl (C=O) groups excluding carboxylic acids is 2. The van der Waals surface area contributed by atoms with Crippen molar-refractivity contribution in [2.45, 2.75) is 39.2 Å². The summed E-state index contributed by atoms with van der Waals surface area (Å²) < 4.78 is 0. The molecule has 0 aromatic heterocycles. The molecule has 0 bridgehead atoms. The highest BCUT2D eigenvalue weighted by atomic mass is 16.2. The number of benzene rings is 1. The SMILES string of the molecule is CC(=O)N1CCCN(Cc2ccc(C(=O)CNCCN3CCCCC3)cc2)CC1. The van der Waals surface area contributed by atoms with Gasteiger partial charge in [-0.15, -0.1) is 0 Å². The van der Waals surface area contributed by atoms with Gasteiger partial charge in [0.15, 0.2) is 5.78 Å². The lowest BCUT2D eigenvalue weighted by Gasteiger charge is -2.26. The highest BCUT2D eigenvalue weighted by Gasteiger charge is 2.16. The van der Waals surface area contributed by atoms with Gasteiger partial charge in [0.2, 0.25) is 5.91 Å². The van der Waals surface area contributed by atoms with E-state index in [1.165, 1.54) is 37.9 Å². The predicted molar refractivity (Wildman–Crippen MR) is 116 cm³/mol. The average Bonchev–Trinajstić information content (AvgIpc) is 2.98. The van der Waals surface area contributed by atoms with Crippen molar-refractivity contribution < 1.29 is 9.59 Å². The minimum absolute atomic E-state index is 0.155. The smallest absolute Gasteiger partial charge is 0.219 e. The number of carbonyl (C=O) groups is 2. The number of hydrogen-bond donors (Lipinski definition) is 1. The summed E-state index contributed by atoms with van der Waals surface area (Å²) in [6.45, 7) is 10.8. The molecule has 0 saturated carbocycles. The Morgan fingerprint density at radius 3 is 2.31 bits per heavy atom. The van der Waals surface area contributed by atoms with Crippen LogP contribution in [0.5, 0.6) is 0 Å². The van der Waals surface area contributed by atoms with Crippen molar-refractivity contribution >= 4 is 11.7 Å². The Hall–Kier alpha value is -1.76. The number of piperidine rings is 1. The van der Waals surface area contributed by atoms with Gasteiger partial charge in [-0.25, -0.2) is 0 Å². The Morgan fingerprint density at radius 2 is 1.59 bits per heavy atom. The van der Waals surface area contributed by atoms with Crippen molar-refractivity contribution in [2.24, 2.45) is 0 Å². The molecular formula is C23H36N4O2. The van der Waals surface area contributed by atoms with Gasteiger partial charge in [0.05, 0.1) is 6.54 Å². The lowest BCUT2D eigenvalue weighted by molar-refractivity contribution is -0.128. The third-order valence-corrected chi connectivity index (χ3v) is 6.05. The normalized spacial score (nSPS) is 19.1. The summed E-state index contributed by atoms with van der Waals surface area (Å²) in [5.74, 6) is 0.321. The molecule has 0 atom stereocenters. The number of nitrogens with zero attached hydrogens (tertiary/aromatic N) is 3. The largest absolute Gasteiger partial charge is 0.342 e. The number of likely N-dealkylation sites (tertiary alicyclic amines) is 1. The number of hydrogen-bond acceptors (Lipinski definition) is 5. The molecule has 2 fully saturated rings. The Balaban J connectivity index is 1.38. The molecule has 160 valence electrons. The van der Waals surface area contributed by atoms with E-state index in [-0.39, 0.29) is 11.7 Å². The third kappa shape index (κ3) is 7.21.